The second-order valence-corrected chi connectivity index (χ2v) is 5.92. The predicted octanol–water partition coefficient (Wildman–Crippen LogP) is 2.85. The van der Waals surface area contributed by atoms with Crippen LogP contribution >= 0.6 is 0 Å². The van der Waals surface area contributed by atoms with Gasteiger partial charge in [-0.25, -0.2) is 0 Å². The van der Waals surface area contributed by atoms with Gasteiger partial charge in [0.15, 0.2) is 12.6 Å². The molecule has 2 fully saturated rings. The third-order valence-corrected chi connectivity index (χ3v) is 4.59. The average Bonchev–Trinajstić information content (AvgIpc) is 2.66. The van der Waals surface area contributed by atoms with Gasteiger partial charge in [0.05, 0.1) is 25.9 Å². The van der Waals surface area contributed by atoms with Crippen molar-refractivity contribution in [2.75, 3.05) is 26.9 Å². The highest BCUT2D eigenvalue weighted by molar-refractivity contribution is 5.17. The van der Waals surface area contributed by atoms with E-state index in [0.717, 1.165) is 5.56 Å². The molecular weight excluding hydrogens is 308 g/mol. The predicted molar refractivity (Wildman–Crippen MR) is 89.3 cm³/mol. The molecule has 1 aromatic carbocycles. The van der Waals surface area contributed by atoms with E-state index in [1.807, 2.05) is 30.3 Å². The van der Waals surface area contributed by atoms with Gasteiger partial charge in [0, 0.05) is 18.6 Å². The highest BCUT2D eigenvalue weighted by Gasteiger charge is 2.55. The molecule has 0 aromatic heterocycles. The minimum atomic E-state index is -0.840. The van der Waals surface area contributed by atoms with Crippen molar-refractivity contribution < 1.29 is 23.7 Å². The van der Waals surface area contributed by atoms with Gasteiger partial charge in [-0.15, -0.1) is 13.2 Å². The van der Waals surface area contributed by atoms with Crippen LogP contribution in [0.4, 0.5) is 0 Å². The van der Waals surface area contributed by atoms with Gasteiger partial charge in [-0.2, -0.15) is 0 Å². The van der Waals surface area contributed by atoms with Crippen molar-refractivity contribution in [3.63, 3.8) is 0 Å². The lowest BCUT2D eigenvalue weighted by atomic mass is 9.80. The van der Waals surface area contributed by atoms with Crippen molar-refractivity contribution in [2.45, 2.75) is 24.3 Å². The van der Waals surface area contributed by atoms with Gasteiger partial charge in [-0.3, -0.25) is 0 Å². The molecule has 0 bridgehead atoms. The van der Waals surface area contributed by atoms with E-state index in [1.165, 1.54) is 0 Å². The van der Waals surface area contributed by atoms with E-state index in [-0.39, 0.29) is 12.0 Å². The number of ether oxygens (including phenoxy) is 5. The molecule has 2 aliphatic rings. The molecule has 0 N–H and O–H groups in total. The van der Waals surface area contributed by atoms with Crippen molar-refractivity contribution in [3.05, 3.63) is 61.2 Å². The van der Waals surface area contributed by atoms with Gasteiger partial charge in [0.2, 0.25) is 0 Å². The van der Waals surface area contributed by atoms with Gasteiger partial charge in [0.25, 0.3) is 0 Å². The SMILES string of the molecule is C=CCOC1(C=C)C(OC)OCC2OC(c3ccccc3)OCC21. The minimum Gasteiger partial charge on any atom is -0.361 e. The topological polar surface area (TPSA) is 46.2 Å². The van der Waals surface area contributed by atoms with Gasteiger partial charge >= 0.3 is 0 Å². The first-order chi connectivity index (χ1) is 11.7. The van der Waals surface area contributed by atoms with Crippen LogP contribution in [-0.2, 0) is 23.7 Å². The van der Waals surface area contributed by atoms with Crippen LogP contribution < -0.4 is 0 Å². The molecule has 3 rings (SSSR count). The first-order valence-electron chi connectivity index (χ1n) is 8.10. The number of rotatable bonds is 6. The molecule has 0 aliphatic carbocycles. The first kappa shape index (κ1) is 17.3. The van der Waals surface area contributed by atoms with Crippen LogP contribution in [0.25, 0.3) is 0 Å². The molecule has 5 heteroatoms. The Hall–Kier alpha value is -1.50. The first-order valence-corrected chi connectivity index (χ1v) is 8.10. The van der Waals surface area contributed by atoms with Gasteiger partial charge in [0.1, 0.15) is 5.60 Å². The summed E-state index contributed by atoms with van der Waals surface area (Å²) >= 11 is 0. The van der Waals surface area contributed by atoms with Crippen LogP contribution in [0.2, 0.25) is 0 Å². The Bertz CT molecular complexity index is 560. The Morgan fingerprint density at radius 1 is 1.21 bits per heavy atom. The van der Waals surface area contributed by atoms with Gasteiger partial charge in [-0.1, -0.05) is 42.5 Å². The maximum atomic E-state index is 6.15. The highest BCUT2D eigenvalue weighted by atomic mass is 16.7. The molecule has 0 radical (unpaired) electrons. The van der Waals surface area contributed by atoms with E-state index in [1.54, 1.807) is 19.3 Å². The van der Waals surface area contributed by atoms with Crippen molar-refractivity contribution in [2.24, 2.45) is 5.92 Å². The summed E-state index contributed by atoms with van der Waals surface area (Å²) in [5, 5.41) is 0. The zero-order chi connectivity index (χ0) is 17.0. The third kappa shape index (κ3) is 3.06. The Labute approximate surface area is 142 Å². The number of fused-ring (bicyclic) bond motifs is 1. The molecule has 2 heterocycles. The van der Waals surface area contributed by atoms with Crippen LogP contribution in [0.3, 0.4) is 0 Å². The van der Waals surface area contributed by atoms with E-state index in [0.29, 0.717) is 19.8 Å². The molecule has 0 amide bonds. The summed E-state index contributed by atoms with van der Waals surface area (Å²) in [6.45, 7) is 8.91. The summed E-state index contributed by atoms with van der Waals surface area (Å²) in [5.41, 5.74) is 0.147. The zero-order valence-corrected chi connectivity index (χ0v) is 13.9. The zero-order valence-electron chi connectivity index (χ0n) is 13.9. The van der Waals surface area contributed by atoms with Crippen LogP contribution in [0.5, 0.6) is 0 Å². The number of hydrogen-bond donors (Lipinski definition) is 0. The molecule has 5 nitrogen and oxygen atoms in total. The monoisotopic (exact) mass is 332 g/mol. The van der Waals surface area contributed by atoms with Crippen LogP contribution in [-0.4, -0.2) is 44.9 Å². The van der Waals surface area contributed by atoms with Crippen molar-refractivity contribution in [3.8, 4) is 0 Å². The molecule has 1 aromatic rings. The maximum Gasteiger partial charge on any atom is 0.190 e. The molecule has 2 aliphatic heterocycles. The minimum absolute atomic E-state index is 0.0754. The van der Waals surface area contributed by atoms with Crippen LogP contribution in [0.15, 0.2) is 55.6 Å². The molecule has 0 saturated carbocycles. The molecule has 5 atom stereocenters. The fraction of sp³-hybridized carbons (Fsp3) is 0.474. The molecule has 24 heavy (non-hydrogen) atoms. The highest BCUT2D eigenvalue weighted by Crippen LogP contribution is 2.43. The third-order valence-electron chi connectivity index (χ3n) is 4.59. The summed E-state index contributed by atoms with van der Waals surface area (Å²) < 4.78 is 29.5. The second kappa shape index (κ2) is 7.59. The molecule has 0 spiro atoms. The fourth-order valence-corrected chi connectivity index (χ4v) is 3.38. The largest absolute Gasteiger partial charge is 0.361 e. The summed E-state index contributed by atoms with van der Waals surface area (Å²) in [5.74, 6) is -0.0754. The fourth-order valence-electron chi connectivity index (χ4n) is 3.38. The second-order valence-electron chi connectivity index (χ2n) is 5.92. The van der Waals surface area contributed by atoms with E-state index in [4.69, 9.17) is 23.7 Å². The number of methoxy groups -OCH3 is 1. The maximum absolute atomic E-state index is 6.15. The summed E-state index contributed by atoms with van der Waals surface area (Å²) in [4.78, 5) is 0. The van der Waals surface area contributed by atoms with Crippen LogP contribution in [0.1, 0.15) is 11.9 Å². The normalized spacial score (nSPS) is 35.9. The lowest BCUT2D eigenvalue weighted by molar-refractivity contribution is -0.349. The van der Waals surface area contributed by atoms with Crippen LogP contribution in [0, 0.1) is 5.92 Å². The lowest BCUT2D eigenvalue weighted by Gasteiger charge is -2.51. The molecular formula is C19H24O5. The van der Waals surface area contributed by atoms with Crippen molar-refractivity contribution in [1.82, 2.24) is 0 Å². The molecule has 2 saturated heterocycles. The molecule has 5 unspecified atom stereocenters. The summed E-state index contributed by atoms with van der Waals surface area (Å²) in [6, 6.07) is 9.87. The average molecular weight is 332 g/mol. The Morgan fingerprint density at radius 3 is 2.67 bits per heavy atom. The van der Waals surface area contributed by atoms with Gasteiger partial charge in [-0.05, 0) is 0 Å². The quantitative estimate of drug-likeness (QED) is 0.750. The van der Waals surface area contributed by atoms with Gasteiger partial charge < -0.3 is 23.7 Å². The Kier molecular flexibility index (Phi) is 5.48. The number of hydrogen-bond acceptors (Lipinski definition) is 5. The van der Waals surface area contributed by atoms with Crippen molar-refractivity contribution >= 4 is 0 Å². The lowest BCUT2D eigenvalue weighted by Crippen LogP contribution is -2.63. The Morgan fingerprint density at radius 2 is 2.00 bits per heavy atom. The van der Waals surface area contributed by atoms with E-state index >= 15 is 0 Å². The smallest absolute Gasteiger partial charge is 0.190 e. The van der Waals surface area contributed by atoms with E-state index < -0.39 is 18.2 Å². The van der Waals surface area contributed by atoms with E-state index in [2.05, 4.69) is 13.2 Å². The number of benzene rings is 1. The summed E-state index contributed by atoms with van der Waals surface area (Å²) in [7, 11) is 1.60. The van der Waals surface area contributed by atoms with E-state index in [9.17, 15) is 0 Å². The van der Waals surface area contributed by atoms with Crippen molar-refractivity contribution in [1.29, 1.82) is 0 Å². The Balaban J connectivity index is 1.82. The standard InChI is InChI=1S/C19H24O5/c1-4-11-23-19(5-2)15-12-21-17(14-9-7-6-8-10-14)24-16(15)13-22-18(19)20-3/h4-10,15-18H,1-2,11-13H2,3H3. The molecule has 130 valence electrons. The summed E-state index contributed by atoms with van der Waals surface area (Å²) in [6.07, 6.45) is 2.29.